The highest BCUT2D eigenvalue weighted by Gasteiger charge is 2.44. The van der Waals surface area contributed by atoms with Gasteiger partial charge in [-0.1, -0.05) is 0 Å². The SMILES string of the molecule is COC[C@H]1O[C@@H](n2cnc3c(N[C@@H]4CCO[C@H]4C)ncnc32)[C@H](O)[C@@H]1O. The third kappa shape index (κ3) is 2.93. The molecule has 2 saturated heterocycles. The number of aromatic nitrogens is 4. The predicted molar refractivity (Wildman–Crippen MR) is 90.6 cm³/mol. The summed E-state index contributed by atoms with van der Waals surface area (Å²) < 4.78 is 18.0. The molecule has 26 heavy (non-hydrogen) atoms. The molecule has 0 saturated carbocycles. The maximum atomic E-state index is 10.4. The van der Waals surface area contributed by atoms with Crippen molar-refractivity contribution in [2.24, 2.45) is 0 Å². The van der Waals surface area contributed by atoms with E-state index in [0.29, 0.717) is 23.6 Å². The number of rotatable bonds is 5. The smallest absolute Gasteiger partial charge is 0.167 e. The van der Waals surface area contributed by atoms with Gasteiger partial charge in [0.05, 0.1) is 25.1 Å². The van der Waals surface area contributed by atoms with Gasteiger partial charge in [-0.3, -0.25) is 4.57 Å². The molecule has 2 aromatic rings. The fourth-order valence-corrected chi connectivity index (χ4v) is 3.50. The van der Waals surface area contributed by atoms with Gasteiger partial charge in [-0.2, -0.15) is 0 Å². The van der Waals surface area contributed by atoms with Gasteiger partial charge in [0.2, 0.25) is 0 Å². The van der Waals surface area contributed by atoms with E-state index in [-0.39, 0.29) is 18.8 Å². The number of imidazole rings is 1. The topological polar surface area (TPSA) is 124 Å². The summed E-state index contributed by atoms with van der Waals surface area (Å²) >= 11 is 0. The van der Waals surface area contributed by atoms with Crippen LogP contribution in [0.25, 0.3) is 11.2 Å². The van der Waals surface area contributed by atoms with Crippen LogP contribution in [-0.2, 0) is 14.2 Å². The second kappa shape index (κ2) is 7.05. The minimum Gasteiger partial charge on any atom is -0.387 e. The normalized spacial score (nSPS) is 34.6. The van der Waals surface area contributed by atoms with Crippen LogP contribution in [0, 0.1) is 0 Å². The Morgan fingerprint density at radius 1 is 1.31 bits per heavy atom. The molecule has 142 valence electrons. The van der Waals surface area contributed by atoms with Crippen molar-refractivity contribution in [1.29, 1.82) is 0 Å². The summed E-state index contributed by atoms with van der Waals surface area (Å²) in [7, 11) is 1.52. The van der Waals surface area contributed by atoms with Crippen molar-refractivity contribution in [3.05, 3.63) is 12.7 Å². The van der Waals surface area contributed by atoms with Gasteiger partial charge in [-0.05, 0) is 13.3 Å². The van der Waals surface area contributed by atoms with E-state index in [1.165, 1.54) is 19.8 Å². The van der Waals surface area contributed by atoms with E-state index < -0.39 is 24.5 Å². The Balaban J connectivity index is 1.62. The van der Waals surface area contributed by atoms with Crippen molar-refractivity contribution in [2.45, 2.75) is 50.0 Å². The Hall–Kier alpha value is -1.85. The van der Waals surface area contributed by atoms with Crippen molar-refractivity contribution >= 4 is 17.0 Å². The molecule has 4 rings (SSSR count). The quantitative estimate of drug-likeness (QED) is 0.654. The summed E-state index contributed by atoms with van der Waals surface area (Å²) in [4.78, 5) is 13.0. The molecule has 3 N–H and O–H groups in total. The van der Waals surface area contributed by atoms with Crippen LogP contribution in [0.5, 0.6) is 0 Å². The third-order valence-corrected chi connectivity index (χ3v) is 5.00. The lowest BCUT2D eigenvalue weighted by Crippen LogP contribution is -2.33. The lowest BCUT2D eigenvalue weighted by Gasteiger charge is -2.18. The van der Waals surface area contributed by atoms with E-state index in [1.807, 2.05) is 6.92 Å². The van der Waals surface area contributed by atoms with E-state index in [1.54, 1.807) is 4.57 Å². The molecule has 10 nitrogen and oxygen atoms in total. The summed E-state index contributed by atoms with van der Waals surface area (Å²) in [6.45, 7) is 2.91. The summed E-state index contributed by atoms with van der Waals surface area (Å²) in [6, 6.07) is 0.152. The molecular formula is C16H23N5O5. The first-order valence-electron chi connectivity index (χ1n) is 8.66. The van der Waals surface area contributed by atoms with Crippen molar-refractivity contribution in [3.63, 3.8) is 0 Å². The second-order valence-corrected chi connectivity index (χ2v) is 6.66. The zero-order valence-corrected chi connectivity index (χ0v) is 14.6. The number of fused-ring (bicyclic) bond motifs is 1. The highest BCUT2D eigenvalue weighted by molar-refractivity contribution is 5.82. The zero-order valence-electron chi connectivity index (χ0n) is 14.6. The minimum atomic E-state index is -1.11. The van der Waals surface area contributed by atoms with Crippen LogP contribution in [0.15, 0.2) is 12.7 Å². The Kier molecular flexibility index (Phi) is 4.76. The molecule has 0 bridgehead atoms. The van der Waals surface area contributed by atoms with Crippen LogP contribution in [0.2, 0.25) is 0 Å². The molecule has 2 aliphatic rings. The Labute approximate surface area is 150 Å². The maximum absolute atomic E-state index is 10.4. The summed E-state index contributed by atoms with van der Waals surface area (Å²) in [5.41, 5.74) is 1.09. The number of hydrogen-bond acceptors (Lipinski definition) is 9. The van der Waals surface area contributed by atoms with Crippen LogP contribution < -0.4 is 5.32 Å². The van der Waals surface area contributed by atoms with E-state index in [9.17, 15) is 10.2 Å². The maximum Gasteiger partial charge on any atom is 0.167 e. The van der Waals surface area contributed by atoms with E-state index >= 15 is 0 Å². The fraction of sp³-hybridized carbons (Fsp3) is 0.688. The molecule has 4 heterocycles. The third-order valence-electron chi connectivity index (χ3n) is 5.00. The molecule has 2 aromatic heterocycles. The van der Waals surface area contributed by atoms with Crippen LogP contribution in [0.1, 0.15) is 19.6 Å². The van der Waals surface area contributed by atoms with Gasteiger partial charge in [0.15, 0.2) is 23.2 Å². The number of anilines is 1. The number of nitrogens with one attached hydrogen (secondary N) is 1. The van der Waals surface area contributed by atoms with E-state index in [0.717, 1.165) is 6.42 Å². The number of nitrogens with zero attached hydrogens (tertiary/aromatic N) is 4. The average molecular weight is 365 g/mol. The number of methoxy groups -OCH3 is 1. The lowest BCUT2D eigenvalue weighted by atomic mass is 10.1. The Morgan fingerprint density at radius 3 is 2.88 bits per heavy atom. The number of hydrogen-bond donors (Lipinski definition) is 3. The molecule has 6 atom stereocenters. The Morgan fingerprint density at radius 2 is 2.15 bits per heavy atom. The largest absolute Gasteiger partial charge is 0.387 e. The van der Waals surface area contributed by atoms with Crippen molar-refractivity contribution in [1.82, 2.24) is 19.5 Å². The molecule has 0 amide bonds. The van der Waals surface area contributed by atoms with Crippen LogP contribution in [0.3, 0.4) is 0 Å². The van der Waals surface area contributed by atoms with E-state index in [2.05, 4.69) is 20.3 Å². The van der Waals surface area contributed by atoms with Crippen LogP contribution in [0.4, 0.5) is 5.82 Å². The zero-order chi connectivity index (χ0) is 18.3. The van der Waals surface area contributed by atoms with Crippen LogP contribution >= 0.6 is 0 Å². The first-order chi connectivity index (χ1) is 12.6. The summed E-state index contributed by atoms with van der Waals surface area (Å²) in [5.74, 6) is 0.609. The minimum absolute atomic E-state index is 0.0898. The lowest BCUT2D eigenvalue weighted by molar-refractivity contribution is -0.0580. The molecule has 2 fully saturated rings. The van der Waals surface area contributed by atoms with Gasteiger partial charge in [0, 0.05) is 13.7 Å². The molecular weight excluding hydrogens is 342 g/mol. The second-order valence-electron chi connectivity index (χ2n) is 6.66. The molecule has 0 unspecified atom stereocenters. The highest BCUT2D eigenvalue weighted by atomic mass is 16.6. The number of aliphatic hydroxyl groups is 2. The number of aliphatic hydroxyl groups excluding tert-OH is 2. The fourth-order valence-electron chi connectivity index (χ4n) is 3.50. The van der Waals surface area contributed by atoms with E-state index in [4.69, 9.17) is 14.2 Å². The number of ether oxygens (including phenoxy) is 3. The molecule has 0 radical (unpaired) electrons. The van der Waals surface area contributed by atoms with Gasteiger partial charge in [0.25, 0.3) is 0 Å². The van der Waals surface area contributed by atoms with Crippen molar-refractivity contribution < 1.29 is 24.4 Å². The highest BCUT2D eigenvalue weighted by Crippen LogP contribution is 2.32. The van der Waals surface area contributed by atoms with Gasteiger partial charge >= 0.3 is 0 Å². The van der Waals surface area contributed by atoms with Crippen LogP contribution in [-0.4, -0.2) is 80.5 Å². The molecule has 10 heteroatoms. The predicted octanol–water partition coefficient (Wildman–Crippen LogP) is -0.319. The molecule has 0 spiro atoms. The Bertz CT molecular complexity index is 771. The standard InChI is InChI=1S/C16H23N5O5/c1-8-9(3-4-25-8)20-14-11-15(18-6-17-14)21(7-19-11)16-13(23)12(22)10(26-16)5-24-2/h6-10,12-13,16,22-23H,3-5H2,1-2H3,(H,17,18,20)/t8-,9+,10+,12+,13+,16+/m0/s1. The molecule has 2 aliphatic heterocycles. The molecule has 0 aromatic carbocycles. The van der Waals surface area contributed by atoms with Gasteiger partial charge in [-0.15, -0.1) is 0 Å². The summed E-state index contributed by atoms with van der Waals surface area (Å²) in [5, 5.41) is 23.9. The van der Waals surface area contributed by atoms with Gasteiger partial charge in [0.1, 0.15) is 24.6 Å². The summed E-state index contributed by atoms with van der Waals surface area (Å²) in [6.07, 6.45) is 0.383. The van der Waals surface area contributed by atoms with Gasteiger partial charge < -0.3 is 29.7 Å². The van der Waals surface area contributed by atoms with Gasteiger partial charge in [-0.25, -0.2) is 15.0 Å². The monoisotopic (exact) mass is 365 g/mol. The van der Waals surface area contributed by atoms with Crippen molar-refractivity contribution in [2.75, 3.05) is 25.6 Å². The first-order valence-corrected chi connectivity index (χ1v) is 8.66. The average Bonchev–Trinajstić information content (AvgIpc) is 3.31. The molecule has 0 aliphatic carbocycles. The first kappa shape index (κ1) is 17.6. The van der Waals surface area contributed by atoms with Crippen molar-refractivity contribution in [3.8, 4) is 0 Å².